The summed E-state index contributed by atoms with van der Waals surface area (Å²) in [6, 6.07) is 8.19. The van der Waals surface area contributed by atoms with Gasteiger partial charge >= 0.3 is 0 Å². The predicted octanol–water partition coefficient (Wildman–Crippen LogP) is 2.84. The van der Waals surface area contributed by atoms with Crippen LogP contribution in [0.4, 0.5) is 0 Å². The Morgan fingerprint density at radius 2 is 1.95 bits per heavy atom. The Bertz CT molecular complexity index is 649. The molecule has 1 aromatic carbocycles. The van der Waals surface area contributed by atoms with Gasteiger partial charge in [-0.1, -0.05) is 23.9 Å². The van der Waals surface area contributed by atoms with E-state index in [1.165, 1.54) is 17.3 Å². The van der Waals surface area contributed by atoms with Gasteiger partial charge in [-0.15, -0.1) is 10.2 Å². The number of carbonyl (C=O) groups excluding carboxylic acids is 1. The number of amides is 1. The monoisotopic (exact) mass is 318 g/mol. The first-order valence-corrected chi connectivity index (χ1v) is 8.45. The minimum Gasteiger partial charge on any atom is -0.343 e. The van der Waals surface area contributed by atoms with Gasteiger partial charge in [-0.3, -0.25) is 9.36 Å². The minimum absolute atomic E-state index is 0.131. The number of thioether (sulfide) groups is 1. The minimum atomic E-state index is 0.131. The van der Waals surface area contributed by atoms with Crippen LogP contribution in [0, 0.1) is 13.8 Å². The van der Waals surface area contributed by atoms with Crippen LogP contribution in [-0.4, -0.2) is 44.4 Å². The molecule has 0 atom stereocenters. The van der Waals surface area contributed by atoms with Crippen LogP contribution >= 0.6 is 11.8 Å². The second-order valence-corrected chi connectivity index (χ2v) is 6.00. The van der Waals surface area contributed by atoms with E-state index < -0.39 is 0 Å². The lowest BCUT2D eigenvalue weighted by Gasteiger charge is -2.18. The highest BCUT2D eigenvalue weighted by Crippen LogP contribution is 2.22. The van der Waals surface area contributed by atoms with Crippen molar-refractivity contribution >= 4 is 17.7 Å². The number of hydrogen-bond acceptors (Lipinski definition) is 4. The predicted molar refractivity (Wildman–Crippen MR) is 89.5 cm³/mol. The van der Waals surface area contributed by atoms with E-state index in [4.69, 9.17) is 0 Å². The molecular weight excluding hydrogens is 296 g/mol. The molecule has 0 saturated carbocycles. The first-order chi connectivity index (χ1) is 10.6. The molecule has 0 aliphatic rings. The summed E-state index contributed by atoms with van der Waals surface area (Å²) in [6.07, 6.45) is 0. The number of hydrogen-bond donors (Lipinski definition) is 0. The van der Waals surface area contributed by atoms with E-state index in [2.05, 4.69) is 29.3 Å². The third-order valence-corrected chi connectivity index (χ3v) is 4.41. The summed E-state index contributed by atoms with van der Waals surface area (Å²) < 4.78 is 1.99. The molecule has 0 aliphatic heterocycles. The zero-order valence-electron chi connectivity index (χ0n) is 13.5. The summed E-state index contributed by atoms with van der Waals surface area (Å²) in [7, 11) is 0. The molecule has 1 heterocycles. The van der Waals surface area contributed by atoms with Crippen LogP contribution in [0.5, 0.6) is 0 Å². The molecule has 118 valence electrons. The highest BCUT2D eigenvalue weighted by atomic mass is 32.2. The second-order valence-electron chi connectivity index (χ2n) is 5.06. The maximum absolute atomic E-state index is 12.1. The smallest absolute Gasteiger partial charge is 0.233 e. The van der Waals surface area contributed by atoms with E-state index in [1.807, 2.05) is 42.4 Å². The fourth-order valence-corrected chi connectivity index (χ4v) is 3.19. The SMILES string of the molecule is CCN(CC)C(=O)CSc1nnc(C)n1-c1cccc(C)c1. The van der Waals surface area contributed by atoms with Crippen LogP contribution in [0.25, 0.3) is 5.69 Å². The summed E-state index contributed by atoms with van der Waals surface area (Å²) in [5, 5.41) is 9.12. The van der Waals surface area contributed by atoms with Gasteiger partial charge in [-0.25, -0.2) is 0 Å². The first-order valence-electron chi connectivity index (χ1n) is 7.46. The third kappa shape index (κ3) is 3.68. The van der Waals surface area contributed by atoms with Gasteiger partial charge in [0.2, 0.25) is 5.91 Å². The average Bonchev–Trinajstić information content (AvgIpc) is 2.87. The highest BCUT2D eigenvalue weighted by Gasteiger charge is 2.15. The third-order valence-electron chi connectivity index (χ3n) is 3.50. The second kappa shape index (κ2) is 7.45. The lowest BCUT2D eigenvalue weighted by Crippen LogP contribution is -2.31. The molecule has 0 bridgehead atoms. The number of aromatic nitrogens is 3. The Morgan fingerprint density at radius 1 is 1.23 bits per heavy atom. The molecule has 2 aromatic rings. The molecule has 6 heteroatoms. The van der Waals surface area contributed by atoms with E-state index in [1.54, 1.807) is 0 Å². The Hall–Kier alpha value is -1.82. The van der Waals surface area contributed by atoms with Crippen LogP contribution in [0.3, 0.4) is 0 Å². The number of nitrogens with zero attached hydrogens (tertiary/aromatic N) is 4. The highest BCUT2D eigenvalue weighted by molar-refractivity contribution is 7.99. The summed E-state index contributed by atoms with van der Waals surface area (Å²) >= 11 is 1.43. The Balaban J connectivity index is 2.18. The van der Waals surface area contributed by atoms with Crippen molar-refractivity contribution in [1.82, 2.24) is 19.7 Å². The van der Waals surface area contributed by atoms with E-state index in [9.17, 15) is 4.79 Å². The number of aryl methyl sites for hydroxylation is 2. The van der Waals surface area contributed by atoms with Gasteiger partial charge in [0.25, 0.3) is 0 Å². The lowest BCUT2D eigenvalue weighted by atomic mass is 10.2. The number of rotatable bonds is 6. The van der Waals surface area contributed by atoms with E-state index in [0.717, 1.165) is 29.8 Å². The van der Waals surface area contributed by atoms with E-state index in [0.29, 0.717) is 5.75 Å². The molecule has 0 unspecified atom stereocenters. The van der Waals surface area contributed by atoms with Crippen LogP contribution in [0.15, 0.2) is 29.4 Å². The van der Waals surface area contributed by atoms with Crippen molar-refractivity contribution in [1.29, 1.82) is 0 Å². The van der Waals surface area contributed by atoms with Gasteiger partial charge < -0.3 is 4.90 Å². The molecule has 2 rings (SSSR count). The van der Waals surface area contributed by atoms with Gasteiger partial charge in [0, 0.05) is 18.8 Å². The molecule has 0 aliphatic carbocycles. The van der Waals surface area contributed by atoms with Gasteiger partial charge in [-0.05, 0) is 45.4 Å². The van der Waals surface area contributed by atoms with Gasteiger partial charge in [0.15, 0.2) is 5.16 Å². The maximum atomic E-state index is 12.1. The topological polar surface area (TPSA) is 51.0 Å². The average molecular weight is 318 g/mol. The van der Waals surface area contributed by atoms with Crippen LogP contribution in [0.2, 0.25) is 0 Å². The van der Waals surface area contributed by atoms with Crippen molar-refractivity contribution in [2.45, 2.75) is 32.9 Å². The van der Waals surface area contributed by atoms with Gasteiger partial charge in [-0.2, -0.15) is 0 Å². The Labute approximate surface area is 135 Å². The molecular formula is C16H22N4OS. The molecule has 1 aromatic heterocycles. The fourth-order valence-electron chi connectivity index (χ4n) is 2.29. The molecule has 0 saturated heterocycles. The van der Waals surface area contributed by atoms with Crippen molar-refractivity contribution < 1.29 is 4.79 Å². The van der Waals surface area contributed by atoms with Crippen molar-refractivity contribution in [3.05, 3.63) is 35.7 Å². The van der Waals surface area contributed by atoms with Crippen LogP contribution in [-0.2, 0) is 4.79 Å². The van der Waals surface area contributed by atoms with Crippen LogP contribution in [0.1, 0.15) is 25.2 Å². The van der Waals surface area contributed by atoms with Crippen molar-refractivity contribution in [2.75, 3.05) is 18.8 Å². The molecule has 0 spiro atoms. The largest absolute Gasteiger partial charge is 0.343 e. The zero-order valence-corrected chi connectivity index (χ0v) is 14.4. The number of carbonyl (C=O) groups is 1. The summed E-state index contributed by atoms with van der Waals surface area (Å²) in [5.74, 6) is 1.33. The van der Waals surface area contributed by atoms with E-state index >= 15 is 0 Å². The quantitative estimate of drug-likeness (QED) is 0.769. The Morgan fingerprint density at radius 3 is 2.59 bits per heavy atom. The molecule has 22 heavy (non-hydrogen) atoms. The van der Waals surface area contributed by atoms with Crippen LogP contribution < -0.4 is 0 Å². The van der Waals surface area contributed by atoms with E-state index in [-0.39, 0.29) is 5.91 Å². The maximum Gasteiger partial charge on any atom is 0.233 e. The molecule has 1 amide bonds. The molecule has 5 nitrogen and oxygen atoms in total. The normalized spacial score (nSPS) is 10.7. The zero-order chi connectivity index (χ0) is 16.1. The number of benzene rings is 1. The molecule has 0 N–H and O–H groups in total. The standard InChI is InChI=1S/C16H22N4OS/c1-5-19(6-2)15(21)11-22-16-18-17-13(4)20(16)14-9-7-8-12(3)10-14/h7-10H,5-6,11H2,1-4H3. The summed E-state index contributed by atoms with van der Waals surface area (Å²) in [4.78, 5) is 14.0. The van der Waals surface area contributed by atoms with Crippen molar-refractivity contribution in [3.8, 4) is 5.69 Å². The fraction of sp³-hybridized carbons (Fsp3) is 0.438. The van der Waals surface area contributed by atoms with Crippen molar-refractivity contribution in [3.63, 3.8) is 0 Å². The van der Waals surface area contributed by atoms with Crippen molar-refractivity contribution in [2.24, 2.45) is 0 Å². The molecule has 0 fully saturated rings. The summed E-state index contributed by atoms with van der Waals surface area (Å²) in [5.41, 5.74) is 2.21. The molecule has 0 radical (unpaired) electrons. The lowest BCUT2D eigenvalue weighted by molar-refractivity contribution is -0.127. The Kier molecular flexibility index (Phi) is 5.60. The van der Waals surface area contributed by atoms with Gasteiger partial charge in [0.05, 0.1) is 5.75 Å². The summed E-state index contributed by atoms with van der Waals surface area (Å²) in [6.45, 7) is 9.43. The van der Waals surface area contributed by atoms with Gasteiger partial charge in [0.1, 0.15) is 5.82 Å². The first kappa shape index (κ1) is 16.5.